The minimum Gasteiger partial charge on any atom is -0.328 e. The maximum absolute atomic E-state index is 13.2. The summed E-state index contributed by atoms with van der Waals surface area (Å²) < 4.78 is 41.0. The first-order valence-corrected chi connectivity index (χ1v) is 9.42. The Bertz CT molecular complexity index is 962. The van der Waals surface area contributed by atoms with Crippen LogP contribution in [0.3, 0.4) is 0 Å². The molecule has 1 saturated heterocycles. The topological polar surface area (TPSA) is 72.9 Å². The minimum atomic E-state index is -4.43. The van der Waals surface area contributed by atoms with E-state index >= 15 is 0 Å². The van der Waals surface area contributed by atoms with Crippen LogP contribution in [0.4, 0.5) is 13.2 Å². The summed E-state index contributed by atoms with van der Waals surface area (Å²) in [4.78, 5) is 6.28. The lowest BCUT2D eigenvalue weighted by Gasteiger charge is -2.29. The first-order valence-electron chi connectivity index (χ1n) is 9.42. The van der Waals surface area contributed by atoms with Crippen molar-refractivity contribution in [1.82, 2.24) is 24.9 Å². The van der Waals surface area contributed by atoms with Gasteiger partial charge in [-0.25, -0.2) is 4.68 Å². The summed E-state index contributed by atoms with van der Waals surface area (Å²) in [5.41, 5.74) is 7.75. The van der Waals surface area contributed by atoms with Crippen molar-refractivity contribution in [2.24, 2.45) is 5.73 Å². The Morgan fingerprint density at radius 3 is 2.48 bits per heavy atom. The van der Waals surface area contributed by atoms with E-state index in [-0.39, 0.29) is 6.04 Å². The molecule has 0 atom stereocenters. The van der Waals surface area contributed by atoms with Crippen molar-refractivity contribution in [3.05, 3.63) is 60.0 Å². The van der Waals surface area contributed by atoms with E-state index in [9.17, 15) is 13.2 Å². The van der Waals surface area contributed by atoms with E-state index in [0.717, 1.165) is 43.6 Å². The van der Waals surface area contributed by atoms with Crippen molar-refractivity contribution in [1.29, 1.82) is 0 Å². The molecule has 0 amide bonds. The number of piperidine rings is 1. The monoisotopic (exact) mass is 402 g/mol. The largest absolute Gasteiger partial charge is 0.416 e. The lowest BCUT2D eigenvalue weighted by atomic mass is 10.1. The van der Waals surface area contributed by atoms with Gasteiger partial charge in [-0.05, 0) is 43.2 Å². The van der Waals surface area contributed by atoms with Crippen LogP contribution in [0.25, 0.3) is 16.9 Å². The number of benzene rings is 1. The van der Waals surface area contributed by atoms with Crippen molar-refractivity contribution >= 4 is 0 Å². The molecular formula is C20H21F3N6. The Balaban J connectivity index is 1.74. The molecule has 9 heteroatoms. The molecule has 2 N–H and O–H groups in total. The molecule has 1 aliphatic rings. The van der Waals surface area contributed by atoms with Gasteiger partial charge < -0.3 is 5.73 Å². The van der Waals surface area contributed by atoms with Crippen LogP contribution in [0.15, 0.2) is 48.8 Å². The zero-order valence-electron chi connectivity index (χ0n) is 15.7. The van der Waals surface area contributed by atoms with Gasteiger partial charge in [-0.1, -0.05) is 11.3 Å². The van der Waals surface area contributed by atoms with Crippen LogP contribution in [0, 0.1) is 0 Å². The molecule has 0 radical (unpaired) electrons. The molecule has 152 valence electrons. The summed E-state index contributed by atoms with van der Waals surface area (Å²) in [7, 11) is 0. The lowest BCUT2D eigenvalue weighted by molar-refractivity contribution is -0.137. The summed E-state index contributed by atoms with van der Waals surface area (Å²) in [5.74, 6) is 0. The van der Waals surface area contributed by atoms with Gasteiger partial charge in [0.15, 0.2) is 0 Å². The fourth-order valence-electron chi connectivity index (χ4n) is 3.54. The highest BCUT2D eigenvalue weighted by molar-refractivity contribution is 5.64. The van der Waals surface area contributed by atoms with Crippen molar-refractivity contribution in [3.63, 3.8) is 0 Å². The molecule has 0 aliphatic carbocycles. The first-order chi connectivity index (χ1) is 13.9. The molecular weight excluding hydrogens is 381 g/mol. The van der Waals surface area contributed by atoms with Crippen LogP contribution in [-0.2, 0) is 12.7 Å². The number of likely N-dealkylation sites (tertiary alicyclic amines) is 1. The minimum absolute atomic E-state index is 0.215. The number of hydrogen-bond donors (Lipinski definition) is 1. The van der Waals surface area contributed by atoms with E-state index < -0.39 is 11.7 Å². The van der Waals surface area contributed by atoms with Crippen LogP contribution in [0.5, 0.6) is 0 Å². The predicted octanol–water partition coefficient (Wildman–Crippen LogP) is 3.27. The van der Waals surface area contributed by atoms with Gasteiger partial charge in [0.1, 0.15) is 5.69 Å². The van der Waals surface area contributed by atoms with Gasteiger partial charge in [-0.15, -0.1) is 5.10 Å². The summed E-state index contributed by atoms with van der Waals surface area (Å²) in [6.07, 6.45) is 0.673. The van der Waals surface area contributed by atoms with E-state index in [2.05, 4.69) is 20.2 Å². The number of pyridine rings is 1. The molecule has 0 unspecified atom stereocenters. The molecule has 2 aromatic heterocycles. The Hall–Kier alpha value is -2.78. The molecule has 1 aromatic carbocycles. The molecule has 1 fully saturated rings. The SMILES string of the molecule is NC1CCN(Cc2nnn(-c3cccc(C(F)(F)F)c3)c2-c2ccncc2)CC1. The lowest BCUT2D eigenvalue weighted by Crippen LogP contribution is -2.39. The zero-order valence-corrected chi connectivity index (χ0v) is 15.7. The first kappa shape index (κ1) is 19.5. The maximum Gasteiger partial charge on any atom is 0.416 e. The predicted molar refractivity (Wildman–Crippen MR) is 102 cm³/mol. The quantitative estimate of drug-likeness (QED) is 0.725. The highest BCUT2D eigenvalue weighted by atomic mass is 19.4. The van der Waals surface area contributed by atoms with Crippen LogP contribution in [-0.4, -0.2) is 44.0 Å². The van der Waals surface area contributed by atoms with Gasteiger partial charge in [0, 0.05) is 43.6 Å². The average molecular weight is 402 g/mol. The van der Waals surface area contributed by atoms with Gasteiger partial charge in [0.25, 0.3) is 0 Å². The van der Waals surface area contributed by atoms with Gasteiger partial charge in [0.2, 0.25) is 0 Å². The molecule has 1 aliphatic heterocycles. The number of alkyl halides is 3. The van der Waals surface area contributed by atoms with E-state index in [4.69, 9.17) is 5.73 Å². The summed E-state index contributed by atoms with van der Waals surface area (Å²) in [5, 5.41) is 8.51. The van der Waals surface area contributed by atoms with Gasteiger partial charge in [-0.2, -0.15) is 13.2 Å². The molecule has 0 bridgehead atoms. The van der Waals surface area contributed by atoms with Crippen molar-refractivity contribution in [2.45, 2.75) is 31.6 Å². The molecule has 3 heterocycles. The van der Waals surface area contributed by atoms with Crippen LogP contribution >= 0.6 is 0 Å². The van der Waals surface area contributed by atoms with Gasteiger partial charge >= 0.3 is 6.18 Å². The Morgan fingerprint density at radius 1 is 1.07 bits per heavy atom. The zero-order chi connectivity index (χ0) is 20.4. The van der Waals surface area contributed by atoms with E-state index in [1.54, 1.807) is 30.6 Å². The normalized spacial score (nSPS) is 16.3. The van der Waals surface area contributed by atoms with E-state index in [1.165, 1.54) is 10.7 Å². The molecule has 0 saturated carbocycles. The maximum atomic E-state index is 13.2. The Labute approximate surface area is 166 Å². The fraction of sp³-hybridized carbons (Fsp3) is 0.350. The Kier molecular flexibility index (Phi) is 5.33. The van der Waals surface area contributed by atoms with Crippen molar-refractivity contribution in [2.75, 3.05) is 13.1 Å². The standard InChI is InChI=1S/C20H21F3N6/c21-20(22,23)15-2-1-3-17(12-15)29-19(14-4-8-25-9-5-14)18(26-27-29)13-28-10-6-16(24)7-11-28/h1-5,8-9,12,16H,6-7,10-11,13,24H2. The Morgan fingerprint density at radius 2 is 1.79 bits per heavy atom. The highest BCUT2D eigenvalue weighted by Gasteiger charge is 2.31. The van der Waals surface area contributed by atoms with Gasteiger partial charge in [-0.3, -0.25) is 9.88 Å². The fourth-order valence-corrected chi connectivity index (χ4v) is 3.54. The van der Waals surface area contributed by atoms with Crippen LogP contribution in [0.2, 0.25) is 0 Å². The molecule has 4 rings (SSSR count). The number of nitrogens with zero attached hydrogens (tertiary/aromatic N) is 5. The van der Waals surface area contributed by atoms with E-state index in [0.29, 0.717) is 23.6 Å². The van der Waals surface area contributed by atoms with E-state index in [1.807, 2.05) is 0 Å². The molecule has 6 nitrogen and oxygen atoms in total. The number of hydrogen-bond acceptors (Lipinski definition) is 5. The summed E-state index contributed by atoms with van der Waals surface area (Å²) in [6, 6.07) is 8.93. The summed E-state index contributed by atoms with van der Waals surface area (Å²) in [6.45, 7) is 2.27. The summed E-state index contributed by atoms with van der Waals surface area (Å²) >= 11 is 0. The smallest absolute Gasteiger partial charge is 0.328 e. The number of nitrogens with two attached hydrogens (primary N) is 1. The average Bonchev–Trinajstić information content (AvgIpc) is 3.13. The second-order valence-corrected chi connectivity index (χ2v) is 7.19. The van der Waals surface area contributed by atoms with Crippen LogP contribution in [0.1, 0.15) is 24.1 Å². The second kappa shape index (κ2) is 7.92. The second-order valence-electron chi connectivity index (χ2n) is 7.19. The molecule has 0 spiro atoms. The van der Waals surface area contributed by atoms with Gasteiger partial charge in [0.05, 0.1) is 16.9 Å². The number of halogens is 3. The molecule has 29 heavy (non-hydrogen) atoms. The molecule has 3 aromatic rings. The van der Waals surface area contributed by atoms with Crippen LogP contribution < -0.4 is 5.73 Å². The number of rotatable bonds is 4. The highest BCUT2D eigenvalue weighted by Crippen LogP contribution is 2.32. The third-order valence-corrected chi connectivity index (χ3v) is 5.12. The van der Waals surface area contributed by atoms with Crippen molar-refractivity contribution < 1.29 is 13.2 Å². The third kappa shape index (κ3) is 4.30. The third-order valence-electron chi connectivity index (χ3n) is 5.12. The van der Waals surface area contributed by atoms with Crippen molar-refractivity contribution in [3.8, 4) is 16.9 Å². The number of aromatic nitrogens is 4.